The van der Waals surface area contributed by atoms with Crippen LogP contribution in [0, 0.1) is 0 Å². The van der Waals surface area contributed by atoms with Gasteiger partial charge in [-0.05, 0) is 89.6 Å². The van der Waals surface area contributed by atoms with Crippen molar-refractivity contribution < 1.29 is 24.5 Å². The molecule has 1 aromatic heterocycles. The van der Waals surface area contributed by atoms with Gasteiger partial charge < -0.3 is 25.0 Å². The first-order valence-electron chi connectivity index (χ1n) is 12.1. The van der Waals surface area contributed by atoms with E-state index in [0.29, 0.717) is 18.8 Å². The third-order valence-electron chi connectivity index (χ3n) is 6.26. The third kappa shape index (κ3) is 6.32. The average molecular weight is 518 g/mol. The van der Waals surface area contributed by atoms with Crippen molar-refractivity contribution in [2.45, 2.75) is 25.0 Å². The van der Waals surface area contributed by atoms with Gasteiger partial charge in [-0.25, -0.2) is 4.79 Å². The fraction of sp³-hybridized carbons (Fsp3) is 0.250. The van der Waals surface area contributed by atoms with Gasteiger partial charge in [0.1, 0.15) is 36.0 Å². The number of aryl methyl sites for hydroxylation is 1. The van der Waals surface area contributed by atoms with Crippen molar-refractivity contribution in [3.63, 3.8) is 0 Å². The van der Waals surface area contributed by atoms with E-state index in [1.165, 1.54) is 11.5 Å². The van der Waals surface area contributed by atoms with E-state index < -0.39 is 12.1 Å². The van der Waals surface area contributed by atoms with Gasteiger partial charge in [-0.2, -0.15) is 0 Å². The molecule has 8 nitrogen and oxygen atoms in total. The summed E-state index contributed by atoms with van der Waals surface area (Å²) in [4.78, 5) is 11.1. The lowest BCUT2D eigenvalue weighted by atomic mass is 9.96. The molecule has 37 heavy (non-hydrogen) atoms. The van der Waals surface area contributed by atoms with E-state index >= 15 is 0 Å². The van der Waals surface area contributed by atoms with Gasteiger partial charge in [0.2, 0.25) is 0 Å². The molecule has 0 amide bonds. The number of nitrogens with one attached hydrogen (secondary N) is 1. The normalized spacial score (nSPS) is 15.4. The zero-order valence-electron chi connectivity index (χ0n) is 20.0. The molecular formula is C28H27N3O5S. The molecule has 0 saturated carbocycles. The number of nitrogens with zero attached hydrogens (tertiary/aromatic N) is 2. The maximum Gasteiger partial charge on any atom is 0.335 e. The fourth-order valence-corrected chi connectivity index (χ4v) is 4.71. The Kier molecular flexibility index (Phi) is 7.74. The number of ether oxygens (including phenoxy) is 2. The summed E-state index contributed by atoms with van der Waals surface area (Å²) in [6, 6.07) is 20.5. The van der Waals surface area contributed by atoms with Crippen molar-refractivity contribution >= 4 is 17.5 Å². The standard InChI is InChI=1S/C28H27N3O5S/c32-23(16-35-24-9-5-19(6-10-24)26-17-37-31-30-26)14-29-15-25-11-7-22-13-21(8-12-27(22)36-25)18-1-3-20(4-2-18)28(33)34/h1-6,8-10,12-13,17,23,25,29,32H,7,11,14-16H2,(H,33,34). The highest BCUT2D eigenvalue weighted by Crippen LogP contribution is 2.32. The molecule has 0 aliphatic carbocycles. The molecule has 2 unspecified atom stereocenters. The van der Waals surface area contributed by atoms with Crippen LogP contribution in [0.4, 0.5) is 0 Å². The Morgan fingerprint density at radius 2 is 1.84 bits per heavy atom. The Morgan fingerprint density at radius 1 is 1.08 bits per heavy atom. The summed E-state index contributed by atoms with van der Waals surface area (Å²) in [7, 11) is 0. The molecule has 2 heterocycles. The Morgan fingerprint density at radius 3 is 2.57 bits per heavy atom. The third-order valence-corrected chi connectivity index (χ3v) is 6.76. The van der Waals surface area contributed by atoms with Crippen LogP contribution in [0.25, 0.3) is 22.4 Å². The van der Waals surface area contributed by atoms with Gasteiger partial charge >= 0.3 is 5.97 Å². The number of fused-ring (bicyclic) bond motifs is 1. The van der Waals surface area contributed by atoms with E-state index in [-0.39, 0.29) is 18.3 Å². The zero-order valence-corrected chi connectivity index (χ0v) is 20.9. The van der Waals surface area contributed by atoms with E-state index in [4.69, 9.17) is 14.6 Å². The first-order valence-corrected chi connectivity index (χ1v) is 12.9. The molecule has 0 saturated heterocycles. The van der Waals surface area contributed by atoms with Gasteiger partial charge in [0, 0.05) is 24.0 Å². The molecule has 1 aliphatic rings. The molecule has 5 rings (SSSR count). The SMILES string of the molecule is O=C(O)c1ccc(-c2ccc3c(c2)CCC(CNCC(O)COc2ccc(-c4csnn4)cc2)O3)cc1. The number of hydrogen-bond donors (Lipinski definition) is 3. The lowest BCUT2D eigenvalue weighted by Crippen LogP contribution is -2.39. The van der Waals surface area contributed by atoms with Gasteiger partial charge in [0.15, 0.2) is 0 Å². The van der Waals surface area contributed by atoms with E-state index in [2.05, 4.69) is 21.0 Å². The highest BCUT2D eigenvalue weighted by Gasteiger charge is 2.20. The van der Waals surface area contributed by atoms with Crippen LogP contribution in [-0.4, -0.2) is 57.7 Å². The van der Waals surface area contributed by atoms with Crippen molar-refractivity contribution in [1.82, 2.24) is 14.9 Å². The summed E-state index contributed by atoms with van der Waals surface area (Å²) < 4.78 is 15.7. The van der Waals surface area contributed by atoms with Crippen LogP contribution in [0.3, 0.4) is 0 Å². The van der Waals surface area contributed by atoms with Crippen molar-refractivity contribution in [1.29, 1.82) is 0 Å². The largest absolute Gasteiger partial charge is 0.491 e. The van der Waals surface area contributed by atoms with E-state index in [9.17, 15) is 9.90 Å². The number of aromatic nitrogens is 2. The van der Waals surface area contributed by atoms with Crippen LogP contribution >= 0.6 is 11.5 Å². The number of carbonyl (C=O) groups is 1. The average Bonchev–Trinajstić information content (AvgIpc) is 3.47. The maximum absolute atomic E-state index is 11.1. The monoisotopic (exact) mass is 517 g/mol. The van der Waals surface area contributed by atoms with Gasteiger partial charge in [0.25, 0.3) is 0 Å². The van der Waals surface area contributed by atoms with E-state index in [1.807, 2.05) is 53.9 Å². The number of rotatable bonds is 10. The quantitative estimate of drug-likeness (QED) is 0.285. The van der Waals surface area contributed by atoms with Gasteiger partial charge in [-0.3, -0.25) is 0 Å². The Bertz CT molecular complexity index is 1330. The summed E-state index contributed by atoms with van der Waals surface area (Å²) in [6.07, 6.45) is 1.14. The van der Waals surface area contributed by atoms with Gasteiger partial charge in [-0.1, -0.05) is 22.7 Å². The molecule has 2 atom stereocenters. The van der Waals surface area contributed by atoms with Crippen molar-refractivity contribution in [3.05, 3.63) is 83.2 Å². The summed E-state index contributed by atoms with van der Waals surface area (Å²) in [5, 5.41) is 28.6. The molecule has 3 aromatic carbocycles. The molecule has 0 fully saturated rings. The second-order valence-corrected chi connectivity index (χ2v) is 9.53. The Hall–Kier alpha value is -3.79. The molecule has 9 heteroatoms. The topological polar surface area (TPSA) is 114 Å². The van der Waals surface area contributed by atoms with E-state index in [0.717, 1.165) is 46.5 Å². The molecule has 0 bridgehead atoms. The molecule has 1 aliphatic heterocycles. The predicted molar refractivity (Wildman–Crippen MR) is 141 cm³/mol. The van der Waals surface area contributed by atoms with Gasteiger partial charge in [0.05, 0.1) is 5.56 Å². The van der Waals surface area contributed by atoms with Crippen molar-refractivity contribution in [2.75, 3.05) is 19.7 Å². The van der Waals surface area contributed by atoms with Crippen molar-refractivity contribution in [2.24, 2.45) is 0 Å². The summed E-state index contributed by atoms with van der Waals surface area (Å²) in [5.41, 5.74) is 5.23. The second-order valence-electron chi connectivity index (χ2n) is 8.92. The molecule has 4 aromatic rings. The number of benzene rings is 3. The van der Waals surface area contributed by atoms with Crippen LogP contribution < -0.4 is 14.8 Å². The minimum Gasteiger partial charge on any atom is -0.491 e. The highest BCUT2D eigenvalue weighted by atomic mass is 32.1. The predicted octanol–water partition coefficient (Wildman–Crippen LogP) is 4.29. The van der Waals surface area contributed by atoms with Crippen LogP contribution in [0.2, 0.25) is 0 Å². The molecule has 0 spiro atoms. The fourth-order valence-electron chi connectivity index (χ4n) is 4.25. The van der Waals surface area contributed by atoms with Gasteiger partial charge in [-0.15, -0.1) is 5.10 Å². The number of carboxylic acids is 1. The Labute approximate surface area is 218 Å². The van der Waals surface area contributed by atoms with Crippen LogP contribution in [0.5, 0.6) is 11.5 Å². The van der Waals surface area contributed by atoms with Crippen LogP contribution in [0.1, 0.15) is 22.3 Å². The minimum absolute atomic E-state index is 0.0223. The summed E-state index contributed by atoms with van der Waals surface area (Å²) >= 11 is 1.31. The van der Waals surface area contributed by atoms with Crippen LogP contribution in [0.15, 0.2) is 72.1 Å². The summed E-state index contributed by atoms with van der Waals surface area (Å²) in [6.45, 7) is 1.22. The second kappa shape index (κ2) is 11.5. The number of aromatic carboxylic acids is 1. The molecule has 190 valence electrons. The molecule has 3 N–H and O–H groups in total. The summed E-state index contributed by atoms with van der Waals surface area (Å²) in [5.74, 6) is 0.626. The van der Waals surface area contributed by atoms with Crippen LogP contribution in [-0.2, 0) is 6.42 Å². The van der Waals surface area contributed by atoms with Crippen molar-refractivity contribution in [3.8, 4) is 33.9 Å². The number of hydrogen-bond acceptors (Lipinski definition) is 8. The first kappa shape index (κ1) is 24.9. The zero-order chi connectivity index (χ0) is 25.6. The maximum atomic E-state index is 11.1. The minimum atomic E-state index is -0.930. The number of carboxylic acid groups (broad SMARTS) is 1. The highest BCUT2D eigenvalue weighted by molar-refractivity contribution is 7.03. The Balaban J connectivity index is 1.06. The van der Waals surface area contributed by atoms with E-state index in [1.54, 1.807) is 12.1 Å². The smallest absolute Gasteiger partial charge is 0.335 e. The molecular weight excluding hydrogens is 490 g/mol. The number of aliphatic hydroxyl groups excluding tert-OH is 1. The first-order chi connectivity index (χ1) is 18.0. The lowest BCUT2D eigenvalue weighted by Gasteiger charge is -2.27. The number of aliphatic hydroxyl groups is 1. The lowest BCUT2D eigenvalue weighted by molar-refractivity contribution is 0.0697. The molecule has 0 radical (unpaired) electrons.